The smallest absolute Gasteiger partial charge is 0.181 e. The molecule has 4 nitrogen and oxygen atoms in total. The van der Waals surface area contributed by atoms with Crippen molar-refractivity contribution < 1.29 is 5.11 Å². The SMILES string of the molecule is OCc1nc(-c2cccc(Cl)c2)n[nH]1. The molecule has 0 spiro atoms. The molecule has 2 N–H and O–H groups in total. The molecule has 0 unspecified atom stereocenters. The van der Waals surface area contributed by atoms with Crippen molar-refractivity contribution in [2.24, 2.45) is 0 Å². The minimum atomic E-state index is -0.145. The van der Waals surface area contributed by atoms with Crippen LogP contribution in [0, 0.1) is 0 Å². The monoisotopic (exact) mass is 209 g/mol. The Morgan fingerprint density at radius 1 is 1.43 bits per heavy atom. The Morgan fingerprint density at radius 2 is 2.29 bits per heavy atom. The second-order valence-corrected chi connectivity index (χ2v) is 3.21. The van der Waals surface area contributed by atoms with Crippen molar-refractivity contribution >= 4 is 11.6 Å². The van der Waals surface area contributed by atoms with E-state index in [-0.39, 0.29) is 6.61 Å². The molecule has 0 fully saturated rings. The van der Waals surface area contributed by atoms with Crippen molar-refractivity contribution in [2.45, 2.75) is 6.61 Å². The predicted octanol–water partition coefficient (Wildman–Crippen LogP) is 1.62. The van der Waals surface area contributed by atoms with E-state index in [0.717, 1.165) is 5.56 Å². The summed E-state index contributed by atoms with van der Waals surface area (Å²) in [6.07, 6.45) is 0. The van der Waals surface area contributed by atoms with Gasteiger partial charge in [0.25, 0.3) is 0 Å². The van der Waals surface area contributed by atoms with E-state index in [2.05, 4.69) is 15.2 Å². The number of halogens is 1. The molecular formula is C9H8ClN3O. The number of H-pyrrole nitrogens is 1. The maximum Gasteiger partial charge on any atom is 0.181 e. The zero-order chi connectivity index (χ0) is 9.97. The van der Waals surface area contributed by atoms with Crippen LogP contribution < -0.4 is 0 Å². The maximum atomic E-state index is 8.79. The van der Waals surface area contributed by atoms with Crippen LogP contribution in [0.3, 0.4) is 0 Å². The largest absolute Gasteiger partial charge is 0.388 e. The molecule has 72 valence electrons. The van der Waals surface area contributed by atoms with Gasteiger partial charge in [-0.25, -0.2) is 4.98 Å². The Balaban J connectivity index is 2.39. The lowest BCUT2D eigenvalue weighted by Crippen LogP contribution is -1.84. The first-order valence-corrected chi connectivity index (χ1v) is 4.45. The molecule has 1 aromatic carbocycles. The second kappa shape index (κ2) is 3.77. The summed E-state index contributed by atoms with van der Waals surface area (Å²) in [5.41, 5.74) is 0.827. The number of aromatic amines is 1. The highest BCUT2D eigenvalue weighted by molar-refractivity contribution is 6.30. The van der Waals surface area contributed by atoms with Gasteiger partial charge in [0, 0.05) is 10.6 Å². The first-order valence-electron chi connectivity index (χ1n) is 4.07. The summed E-state index contributed by atoms with van der Waals surface area (Å²) in [4.78, 5) is 4.06. The zero-order valence-electron chi connectivity index (χ0n) is 7.24. The number of nitrogens with zero attached hydrogens (tertiary/aromatic N) is 2. The normalized spacial score (nSPS) is 10.4. The molecule has 2 rings (SSSR count). The molecule has 0 radical (unpaired) electrons. The first kappa shape index (κ1) is 9.18. The van der Waals surface area contributed by atoms with E-state index in [1.165, 1.54) is 0 Å². The second-order valence-electron chi connectivity index (χ2n) is 2.77. The standard InChI is InChI=1S/C9H8ClN3O/c10-7-3-1-2-6(4-7)9-11-8(5-14)12-13-9/h1-4,14H,5H2,(H,11,12,13). The number of benzene rings is 1. The molecule has 1 heterocycles. The lowest BCUT2D eigenvalue weighted by molar-refractivity contribution is 0.272. The van der Waals surface area contributed by atoms with Crippen molar-refractivity contribution in [1.82, 2.24) is 15.2 Å². The third-order valence-electron chi connectivity index (χ3n) is 1.76. The number of rotatable bonds is 2. The molecule has 0 bridgehead atoms. The zero-order valence-corrected chi connectivity index (χ0v) is 7.99. The fourth-order valence-electron chi connectivity index (χ4n) is 1.12. The number of hydrogen-bond donors (Lipinski definition) is 2. The molecular weight excluding hydrogens is 202 g/mol. The summed E-state index contributed by atoms with van der Waals surface area (Å²) in [6.45, 7) is -0.145. The van der Waals surface area contributed by atoms with Crippen LogP contribution in [-0.4, -0.2) is 20.3 Å². The Morgan fingerprint density at radius 3 is 2.93 bits per heavy atom. The molecule has 0 saturated carbocycles. The molecule has 0 aliphatic rings. The fourth-order valence-corrected chi connectivity index (χ4v) is 1.31. The van der Waals surface area contributed by atoms with Gasteiger partial charge in [-0.1, -0.05) is 23.7 Å². The van der Waals surface area contributed by atoms with Crippen LogP contribution in [0.4, 0.5) is 0 Å². The average molecular weight is 210 g/mol. The highest BCUT2D eigenvalue weighted by atomic mass is 35.5. The van der Waals surface area contributed by atoms with E-state index >= 15 is 0 Å². The van der Waals surface area contributed by atoms with E-state index in [9.17, 15) is 0 Å². The van der Waals surface area contributed by atoms with Crippen molar-refractivity contribution in [1.29, 1.82) is 0 Å². The van der Waals surface area contributed by atoms with Crippen LogP contribution in [0.5, 0.6) is 0 Å². The lowest BCUT2D eigenvalue weighted by atomic mass is 10.2. The van der Waals surface area contributed by atoms with E-state index in [0.29, 0.717) is 16.7 Å². The summed E-state index contributed by atoms with van der Waals surface area (Å²) in [5.74, 6) is 0.983. The molecule has 0 atom stereocenters. The van der Waals surface area contributed by atoms with Gasteiger partial charge in [0.1, 0.15) is 6.61 Å². The first-order chi connectivity index (χ1) is 6.79. The highest BCUT2D eigenvalue weighted by Crippen LogP contribution is 2.18. The predicted molar refractivity (Wildman–Crippen MR) is 52.8 cm³/mol. The molecule has 14 heavy (non-hydrogen) atoms. The van der Waals surface area contributed by atoms with Gasteiger partial charge >= 0.3 is 0 Å². The molecule has 0 aliphatic heterocycles. The van der Waals surface area contributed by atoms with E-state index in [4.69, 9.17) is 16.7 Å². The van der Waals surface area contributed by atoms with Gasteiger partial charge in [-0.3, -0.25) is 5.10 Å². The minimum absolute atomic E-state index is 0.145. The van der Waals surface area contributed by atoms with Gasteiger partial charge in [-0.05, 0) is 12.1 Å². The van der Waals surface area contributed by atoms with Crippen LogP contribution in [-0.2, 0) is 6.61 Å². The van der Waals surface area contributed by atoms with E-state index < -0.39 is 0 Å². The topological polar surface area (TPSA) is 61.8 Å². The summed E-state index contributed by atoms with van der Waals surface area (Å²) < 4.78 is 0. The Kier molecular flexibility index (Phi) is 2.47. The molecule has 2 aromatic rings. The quantitative estimate of drug-likeness (QED) is 0.790. The van der Waals surface area contributed by atoms with Gasteiger partial charge in [-0.2, -0.15) is 5.10 Å². The van der Waals surface area contributed by atoms with Crippen molar-refractivity contribution in [2.75, 3.05) is 0 Å². The van der Waals surface area contributed by atoms with Crippen LogP contribution >= 0.6 is 11.6 Å². The van der Waals surface area contributed by atoms with Crippen LogP contribution in [0.25, 0.3) is 11.4 Å². The molecule has 1 aromatic heterocycles. The third-order valence-corrected chi connectivity index (χ3v) is 2.00. The van der Waals surface area contributed by atoms with Gasteiger partial charge in [-0.15, -0.1) is 0 Å². The summed E-state index contributed by atoms with van der Waals surface area (Å²) >= 11 is 5.82. The highest BCUT2D eigenvalue weighted by Gasteiger charge is 2.04. The summed E-state index contributed by atoms with van der Waals surface area (Å²) in [7, 11) is 0. The van der Waals surface area contributed by atoms with Crippen molar-refractivity contribution in [3.8, 4) is 11.4 Å². The van der Waals surface area contributed by atoms with Gasteiger partial charge < -0.3 is 5.11 Å². The van der Waals surface area contributed by atoms with E-state index in [1.807, 2.05) is 12.1 Å². The van der Waals surface area contributed by atoms with Crippen LogP contribution in [0.1, 0.15) is 5.82 Å². The number of nitrogens with one attached hydrogen (secondary N) is 1. The van der Waals surface area contributed by atoms with E-state index in [1.54, 1.807) is 12.1 Å². The fraction of sp³-hybridized carbons (Fsp3) is 0.111. The maximum absolute atomic E-state index is 8.79. The summed E-state index contributed by atoms with van der Waals surface area (Å²) in [6, 6.07) is 7.24. The molecule has 5 heteroatoms. The molecule has 0 saturated heterocycles. The van der Waals surface area contributed by atoms with Crippen LogP contribution in [0.15, 0.2) is 24.3 Å². The number of hydrogen-bond acceptors (Lipinski definition) is 3. The summed E-state index contributed by atoms with van der Waals surface area (Å²) in [5, 5.41) is 16.0. The molecule has 0 aliphatic carbocycles. The number of aromatic nitrogens is 3. The van der Waals surface area contributed by atoms with Crippen LogP contribution in [0.2, 0.25) is 5.02 Å². The minimum Gasteiger partial charge on any atom is -0.388 e. The van der Waals surface area contributed by atoms with Gasteiger partial charge in [0.15, 0.2) is 11.6 Å². The van der Waals surface area contributed by atoms with Crippen molar-refractivity contribution in [3.63, 3.8) is 0 Å². The lowest BCUT2D eigenvalue weighted by Gasteiger charge is -1.94. The Bertz CT molecular complexity index is 441. The van der Waals surface area contributed by atoms with Gasteiger partial charge in [0.2, 0.25) is 0 Å². The van der Waals surface area contributed by atoms with Gasteiger partial charge in [0.05, 0.1) is 0 Å². The third kappa shape index (κ3) is 1.76. The Labute approximate surface area is 85.6 Å². The van der Waals surface area contributed by atoms with Crippen molar-refractivity contribution in [3.05, 3.63) is 35.1 Å². The molecule has 0 amide bonds. The average Bonchev–Trinajstić information content (AvgIpc) is 2.66. The Hall–Kier alpha value is -1.39. The number of aliphatic hydroxyl groups excluding tert-OH is 1. The number of aliphatic hydroxyl groups is 1.